The lowest BCUT2D eigenvalue weighted by molar-refractivity contribution is -0.141. The number of aromatic nitrogens is 1. The highest BCUT2D eigenvalue weighted by atomic mass is 35.5. The van der Waals surface area contributed by atoms with Gasteiger partial charge in [-0.2, -0.15) is 13.2 Å². The van der Waals surface area contributed by atoms with Crippen molar-refractivity contribution in [1.29, 1.82) is 0 Å². The topological polar surface area (TPSA) is 74.3 Å². The predicted molar refractivity (Wildman–Crippen MR) is 100 cm³/mol. The molecule has 2 atom stereocenters. The first-order chi connectivity index (χ1) is 14.0. The van der Waals surface area contributed by atoms with Crippen LogP contribution in [0.4, 0.5) is 22.4 Å². The number of urea groups is 1. The zero-order valence-corrected chi connectivity index (χ0v) is 16.4. The van der Waals surface area contributed by atoms with E-state index in [0.717, 1.165) is 18.2 Å². The molecule has 11 heteroatoms. The zero-order valence-electron chi connectivity index (χ0n) is 15.6. The number of hydrogen-bond acceptors (Lipinski definition) is 3. The highest BCUT2D eigenvalue weighted by molar-refractivity contribution is 6.30. The van der Waals surface area contributed by atoms with Crippen LogP contribution in [0.15, 0.2) is 36.4 Å². The van der Waals surface area contributed by atoms with E-state index in [1.807, 2.05) is 0 Å². The van der Waals surface area contributed by atoms with Crippen molar-refractivity contribution in [2.45, 2.75) is 25.2 Å². The maximum absolute atomic E-state index is 13.6. The Bertz CT molecular complexity index is 970. The molecule has 0 aliphatic carbocycles. The van der Waals surface area contributed by atoms with Crippen molar-refractivity contribution in [3.63, 3.8) is 0 Å². The Labute approximate surface area is 174 Å². The molecule has 3 rings (SSSR count). The first kappa shape index (κ1) is 21.8. The van der Waals surface area contributed by atoms with Gasteiger partial charge in [0.2, 0.25) is 5.91 Å². The van der Waals surface area contributed by atoms with Gasteiger partial charge in [0.1, 0.15) is 18.1 Å². The van der Waals surface area contributed by atoms with Gasteiger partial charge in [0.15, 0.2) is 0 Å². The lowest BCUT2D eigenvalue weighted by Crippen LogP contribution is -2.57. The smallest absolute Gasteiger partial charge is 0.350 e. The molecule has 6 nitrogen and oxygen atoms in total. The molecule has 1 fully saturated rings. The summed E-state index contributed by atoms with van der Waals surface area (Å²) in [7, 11) is 0. The number of nitrogens with one attached hydrogen (secondary N) is 2. The van der Waals surface area contributed by atoms with E-state index in [4.69, 9.17) is 11.6 Å². The normalized spacial score (nSPS) is 18.0. The number of halogens is 5. The third-order valence-corrected chi connectivity index (χ3v) is 4.71. The van der Waals surface area contributed by atoms with Crippen LogP contribution >= 0.6 is 11.6 Å². The van der Waals surface area contributed by atoms with Gasteiger partial charge in [-0.1, -0.05) is 23.7 Å². The van der Waals surface area contributed by atoms with Gasteiger partial charge in [-0.25, -0.2) is 14.2 Å². The minimum atomic E-state index is -4.69. The van der Waals surface area contributed by atoms with Crippen LogP contribution < -0.4 is 10.6 Å². The predicted octanol–water partition coefficient (Wildman–Crippen LogP) is 3.51. The van der Waals surface area contributed by atoms with E-state index in [1.54, 1.807) is 6.92 Å². The number of alkyl halides is 3. The molecule has 1 aliphatic heterocycles. The number of nitrogens with zero attached hydrogens (tertiary/aromatic N) is 2. The Morgan fingerprint density at radius 3 is 2.70 bits per heavy atom. The molecule has 1 aromatic heterocycles. The number of hydrogen-bond donors (Lipinski definition) is 2. The molecule has 1 aromatic carbocycles. The molecule has 0 unspecified atom stereocenters. The average Bonchev–Trinajstić information content (AvgIpc) is 2.67. The summed E-state index contributed by atoms with van der Waals surface area (Å²) >= 11 is 5.82. The highest BCUT2D eigenvalue weighted by Crippen LogP contribution is 2.30. The van der Waals surface area contributed by atoms with Crippen LogP contribution in [0.25, 0.3) is 0 Å². The van der Waals surface area contributed by atoms with Crippen LogP contribution in [0, 0.1) is 5.82 Å². The Balaban J connectivity index is 1.97. The minimum Gasteiger partial charge on any atom is -0.350 e. The van der Waals surface area contributed by atoms with Crippen molar-refractivity contribution in [3.05, 3.63) is 64.2 Å². The Morgan fingerprint density at radius 2 is 2.07 bits per heavy atom. The summed E-state index contributed by atoms with van der Waals surface area (Å²) in [6, 6.07) is 4.68. The molecule has 2 aromatic rings. The summed E-state index contributed by atoms with van der Waals surface area (Å²) in [6.07, 6.45) is -4.69. The summed E-state index contributed by atoms with van der Waals surface area (Å²) in [6.45, 7) is 1.72. The summed E-state index contributed by atoms with van der Waals surface area (Å²) in [5.41, 5.74) is -1.02. The second kappa shape index (κ2) is 8.47. The summed E-state index contributed by atoms with van der Waals surface area (Å²) in [4.78, 5) is 29.3. The van der Waals surface area contributed by atoms with E-state index in [1.165, 1.54) is 23.1 Å². The molecule has 30 heavy (non-hydrogen) atoms. The molecule has 0 spiro atoms. The fourth-order valence-electron chi connectivity index (χ4n) is 3.09. The molecule has 3 amide bonds. The Morgan fingerprint density at radius 1 is 1.33 bits per heavy atom. The summed E-state index contributed by atoms with van der Waals surface area (Å²) < 4.78 is 52.9. The largest absolute Gasteiger partial charge is 0.433 e. The molecular weight excluding hydrogens is 428 g/mol. The van der Waals surface area contributed by atoms with Gasteiger partial charge in [0.05, 0.1) is 16.8 Å². The standard InChI is InChI=1S/C19H17ClF4N4O2/c1-10-8-28(9-16(29)25-10)18(30)27-17(11-5-6-13(21)12(20)7-11)14-3-2-4-15(26-14)19(22,23)24/h2-7,10,17H,8-9H2,1H3,(H,25,29)(H,27,30)/t10-,17+/m1/s1. The Kier molecular flexibility index (Phi) is 6.16. The van der Waals surface area contributed by atoms with Gasteiger partial charge in [-0.05, 0) is 36.8 Å². The van der Waals surface area contributed by atoms with Crippen LogP contribution in [0.1, 0.15) is 29.9 Å². The maximum atomic E-state index is 13.6. The summed E-state index contributed by atoms with van der Waals surface area (Å²) in [5.74, 6) is -1.08. The zero-order chi connectivity index (χ0) is 22.1. The number of carbonyl (C=O) groups excluding carboxylic acids is 2. The van der Waals surface area contributed by atoms with Crippen molar-refractivity contribution < 1.29 is 27.2 Å². The van der Waals surface area contributed by atoms with E-state index in [-0.39, 0.29) is 41.3 Å². The lowest BCUT2D eigenvalue weighted by Gasteiger charge is -2.32. The van der Waals surface area contributed by atoms with Crippen molar-refractivity contribution in [2.24, 2.45) is 0 Å². The third kappa shape index (κ3) is 4.99. The third-order valence-electron chi connectivity index (χ3n) is 4.42. The van der Waals surface area contributed by atoms with Gasteiger partial charge < -0.3 is 15.5 Å². The molecule has 1 saturated heterocycles. The molecule has 160 valence electrons. The first-order valence-corrected chi connectivity index (χ1v) is 9.26. The monoisotopic (exact) mass is 444 g/mol. The maximum Gasteiger partial charge on any atom is 0.433 e. The van der Waals surface area contributed by atoms with Gasteiger partial charge in [-0.3, -0.25) is 4.79 Å². The average molecular weight is 445 g/mol. The first-order valence-electron chi connectivity index (χ1n) is 8.88. The summed E-state index contributed by atoms with van der Waals surface area (Å²) in [5, 5.41) is 4.98. The van der Waals surface area contributed by atoms with Gasteiger partial charge in [-0.15, -0.1) is 0 Å². The van der Waals surface area contributed by atoms with E-state index >= 15 is 0 Å². The quantitative estimate of drug-likeness (QED) is 0.711. The minimum absolute atomic E-state index is 0.115. The number of piperazine rings is 1. The van der Waals surface area contributed by atoms with Gasteiger partial charge in [0, 0.05) is 12.6 Å². The molecule has 2 heterocycles. The number of benzene rings is 1. The van der Waals surface area contributed by atoms with Crippen molar-refractivity contribution in [1.82, 2.24) is 20.5 Å². The molecule has 2 N–H and O–H groups in total. The van der Waals surface area contributed by atoms with Crippen molar-refractivity contribution in [3.8, 4) is 0 Å². The van der Waals surface area contributed by atoms with Crippen LogP contribution in [-0.4, -0.2) is 41.0 Å². The van der Waals surface area contributed by atoms with Gasteiger partial charge >= 0.3 is 12.2 Å². The van der Waals surface area contributed by atoms with E-state index in [0.29, 0.717) is 0 Å². The van der Waals surface area contributed by atoms with Crippen LogP contribution in [0.2, 0.25) is 5.02 Å². The highest BCUT2D eigenvalue weighted by Gasteiger charge is 2.34. The second-order valence-corrected chi connectivity index (χ2v) is 7.26. The van der Waals surface area contributed by atoms with Crippen molar-refractivity contribution in [2.75, 3.05) is 13.1 Å². The second-order valence-electron chi connectivity index (χ2n) is 6.85. The number of rotatable bonds is 3. The fourth-order valence-corrected chi connectivity index (χ4v) is 3.28. The molecular formula is C19H17ClF4N4O2. The van der Waals surface area contributed by atoms with Crippen LogP contribution in [-0.2, 0) is 11.0 Å². The molecule has 0 radical (unpaired) electrons. The fraction of sp³-hybridized carbons (Fsp3) is 0.316. The van der Waals surface area contributed by atoms with Crippen molar-refractivity contribution >= 4 is 23.5 Å². The van der Waals surface area contributed by atoms with Crippen LogP contribution in [0.5, 0.6) is 0 Å². The van der Waals surface area contributed by atoms with Crippen LogP contribution in [0.3, 0.4) is 0 Å². The lowest BCUT2D eigenvalue weighted by atomic mass is 10.0. The Hall–Kier alpha value is -2.88. The molecule has 0 bridgehead atoms. The number of carbonyl (C=O) groups is 2. The number of pyridine rings is 1. The molecule has 0 saturated carbocycles. The number of amides is 3. The van der Waals surface area contributed by atoms with Gasteiger partial charge in [0.25, 0.3) is 0 Å². The molecule has 1 aliphatic rings. The SMILES string of the molecule is C[C@@H]1CN(C(=O)N[C@@H](c2ccc(F)c(Cl)c2)c2cccc(C(F)(F)F)n2)CC(=O)N1. The van der Waals surface area contributed by atoms with E-state index in [9.17, 15) is 27.2 Å². The van der Waals surface area contributed by atoms with E-state index < -0.39 is 29.8 Å². The van der Waals surface area contributed by atoms with E-state index in [2.05, 4.69) is 15.6 Å².